The van der Waals surface area contributed by atoms with E-state index in [0.717, 1.165) is 0 Å². The van der Waals surface area contributed by atoms with E-state index >= 15 is 0 Å². The van der Waals surface area contributed by atoms with Crippen molar-refractivity contribution < 1.29 is 9.53 Å². The molecule has 0 aromatic heterocycles. The molecule has 0 radical (unpaired) electrons. The Morgan fingerprint density at radius 2 is 2.06 bits per heavy atom. The number of ether oxygens (including phenoxy) is 1. The van der Waals surface area contributed by atoms with E-state index in [-0.39, 0.29) is 6.03 Å². The highest BCUT2D eigenvalue weighted by Crippen LogP contribution is 2.24. The van der Waals surface area contributed by atoms with E-state index in [2.05, 4.69) is 5.32 Å². The first-order valence-electron chi connectivity index (χ1n) is 5.61. The van der Waals surface area contributed by atoms with Gasteiger partial charge in [0, 0.05) is 18.8 Å². The molecule has 0 spiro atoms. The molecule has 3 N–H and O–H groups in total. The van der Waals surface area contributed by atoms with Crippen molar-refractivity contribution in [1.29, 1.82) is 0 Å². The lowest BCUT2D eigenvalue weighted by Gasteiger charge is -2.19. The van der Waals surface area contributed by atoms with Crippen LogP contribution in [0.15, 0.2) is 18.2 Å². The second kappa shape index (κ2) is 5.98. The number of nitrogens with one attached hydrogen (secondary N) is 1. The normalized spacial score (nSPS) is 9.82. The number of hydrogen-bond donors (Lipinski definition) is 2. The Hall–Kier alpha value is -1.91. The largest absolute Gasteiger partial charge is 0.495 e. The highest BCUT2D eigenvalue weighted by atomic mass is 16.5. The van der Waals surface area contributed by atoms with Gasteiger partial charge in [-0.1, -0.05) is 0 Å². The van der Waals surface area contributed by atoms with Crippen LogP contribution < -0.4 is 15.8 Å². The Morgan fingerprint density at radius 1 is 1.41 bits per heavy atom. The van der Waals surface area contributed by atoms with Crippen molar-refractivity contribution in [2.75, 3.05) is 31.2 Å². The van der Waals surface area contributed by atoms with Gasteiger partial charge in [-0.05, 0) is 32.0 Å². The molecule has 2 amide bonds. The maximum absolute atomic E-state index is 11.8. The number of carbonyl (C=O) groups excluding carboxylic acids is 1. The van der Waals surface area contributed by atoms with Crippen LogP contribution in [0.25, 0.3) is 0 Å². The summed E-state index contributed by atoms with van der Waals surface area (Å²) in [7, 11) is 1.56. The zero-order chi connectivity index (χ0) is 12.8. The molecule has 0 saturated heterocycles. The molecule has 0 atom stereocenters. The van der Waals surface area contributed by atoms with Crippen LogP contribution in [0.1, 0.15) is 13.8 Å². The highest BCUT2D eigenvalue weighted by Gasteiger charge is 2.10. The van der Waals surface area contributed by atoms with Crippen molar-refractivity contribution in [3.05, 3.63) is 18.2 Å². The molecule has 0 unspecified atom stereocenters. The van der Waals surface area contributed by atoms with Crippen molar-refractivity contribution in [2.45, 2.75) is 13.8 Å². The Bertz CT molecular complexity index is 389. The summed E-state index contributed by atoms with van der Waals surface area (Å²) < 4.78 is 5.05. The lowest BCUT2D eigenvalue weighted by molar-refractivity contribution is 0.217. The zero-order valence-electron chi connectivity index (χ0n) is 10.5. The summed E-state index contributed by atoms with van der Waals surface area (Å²) in [5, 5.41) is 2.79. The molecule has 94 valence electrons. The third kappa shape index (κ3) is 3.27. The lowest BCUT2D eigenvalue weighted by atomic mass is 10.2. The average Bonchev–Trinajstić information content (AvgIpc) is 2.31. The molecule has 0 fully saturated rings. The first kappa shape index (κ1) is 13.2. The third-order valence-corrected chi connectivity index (χ3v) is 2.53. The van der Waals surface area contributed by atoms with Crippen LogP contribution in [-0.4, -0.2) is 31.1 Å². The van der Waals surface area contributed by atoms with Crippen molar-refractivity contribution in [3.63, 3.8) is 0 Å². The molecule has 17 heavy (non-hydrogen) atoms. The predicted octanol–water partition coefficient (Wildman–Crippen LogP) is 2.15. The quantitative estimate of drug-likeness (QED) is 0.788. The van der Waals surface area contributed by atoms with Crippen LogP contribution >= 0.6 is 0 Å². The minimum Gasteiger partial charge on any atom is -0.495 e. The first-order chi connectivity index (χ1) is 8.12. The molecule has 1 rings (SSSR count). The van der Waals surface area contributed by atoms with E-state index in [9.17, 15) is 4.79 Å². The maximum Gasteiger partial charge on any atom is 0.321 e. The molecule has 0 bridgehead atoms. The van der Waals surface area contributed by atoms with Crippen LogP contribution in [0.5, 0.6) is 5.75 Å². The Kier molecular flexibility index (Phi) is 4.63. The van der Waals surface area contributed by atoms with Gasteiger partial charge in [-0.2, -0.15) is 0 Å². The van der Waals surface area contributed by atoms with Gasteiger partial charge in [0.15, 0.2) is 0 Å². The van der Waals surface area contributed by atoms with E-state index in [0.29, 0.717) is 30.2 Å². The Morgan fingerprint density at radius 3 is 2.53 bits per heavy atom. The summed E-state index contributed by atoms with van der Waals surface area (Å²) in [6, 6.07) is 5.05. The van der Waals surface area contributed by atoms with Crippen LogP contribution in [0, 0.1) is 0 Å². The summed E-state index contributed by atoms with van der Waals surface area (Å²) in [4.78, 5) is 13.5. The number of rotatable bonds is 4. The number of anilines is 2. The molecule has 5 nitrogen and oxygen atoms in total. The monoisotopic (exact) mass is 237 g/mol. The van der Waals surface area contributed by atoms with Crippen molar-refractivity contribution in [3.8, 4) is 5.75 Å². The van der Waals surface area contributed by atoms with E-state index in [1.165, 1.54) is 0 Å². The van der Waals surface area contributed by atoms with E-state index in [1.807, 2.05) is 13.8 Å². The smallest absolute Gasteiger partial charge is 0.321 e. The summed E-state index contributed by atoms with van der Waals surface area (Å²) in [5.41, 5.74) is 6.93. The minimum absolute atomic E-state index is 0.125. The minimum atomic E-state index is -0.125. The fourth-order valence-electron chi connectivity index (χ4n) is 1.53. The first-order valence-corrected chi connectivity index (χ1v) is 5.61. The third-order valence-electron chi connectivity index (χ3n) is 2.53. The topological polar surface area (TPSA) is 67.6 Å². The molecule has 0 heterocycles. The fraction of sp³-hybridized carbons (Fsp3) is 0.417. The number of nitrogens with zero attached hydrogens (tertiary/aromatic N) is 1. The second-order valence-corrected chi connectivity index (χ2v) is 3.56. The molecule has 1 aromatic rings. The van der Waals surface area contributed by atoms with E-state index in [1.54, 1.807) is 30.2 Å². The zero-order valence-corrected chi connectivity index (χ0v) is 10.5. The molecule has 5 heteroatoms. The molecule has 1 aromatic carbocycles. The van der Waals surface area contributed by atoms with Gasteiger partial charge in [0.05, 0.1) is 12.8 Å². The van der Waals surface area contributed by atoms with Gasteiger partial charge in [-0.15, -0.1) is 0 Å². The van der Waals surface area contributed by atoms with Crippen molar-refractivity contribution in [2.24, 2.45) is 0 Å². The SMILES string of the molecule is CCN(CC)C(=O)Nc1ccc(OC)c(N)c1. The molecule has 0 aliphatic heterocycles. The van der Waals surface area contributed by atoms with Crippen molar-refractivity contribution >= 4 is 17.4 Å². The Labute approximate surface area is 102 Å². The highest BCUT2D eigenvalue weighted by molar-refractivity contribution is 5.90. The van der Waals surface area contributed by atoms with Crippen LogP contribution in [0.4, 0.5) is 16.2 Å². The number of hydrogen-bond acceptors (Lipinski definition) is 3. The van der Waals surface area contributed by atoms with Crippen LogP contribution in [-0.2, 0) is 0 Å². The summed E-state index contributed by atoms with van der Waals surface area (Å²) in [6.45, 7) is 5.22. The number of urea groups is 1. The number of amides is 2. The lowest BCUT2D eigenvalue weighted by Crippen LogP contribution is -2.34. The van der Waals surface area contributed by atoms with Gasteiger partial charge >= 0.3 is 6.03 Å². The van der Waals surface area contributed by atoms with Gasteiger partial charge in [0.2, 0.25) is 0 Å². The second-order valence-electron chi connectivity index (χ2n) is 3.56. The molecule has 0 aliphatic carbocycles. The number of nitrogen functional groups attached to an aromatic ring is 1. The van der Waals surface area contributed by atoms with Crippen molar-refractivity contribution in [1.82, 2.24) is 4.90 Å². The van der Waals surface area contributed by atoms with Crippen LogP contribution in [0.2, 0.25) is 0 Å². The Balaban J connectivity index is 2.75. The van der Waals surface area contributed by atoms with Gasteiger partial charge in [0.25, 0.3) is 0 Å². The summed E-state index contributed by atoms with van der Waals surface area (Å²) in [5.74, 6) is 0.603. The predicted molar refractivity (Wildman–Crippen MR) is 69.3 cm³/mol. The standard InChI is InChI=1S/C12H19N3O2/c1-4-15(5-2)12(16)14-9-6-7-11(17-3)10(13)8-9/h6-8H,4-5,13H2,1-3H3,(H,14,16). The number of carbonyl (C=O) groups is 1. The van der Waals surface area contributed by atoms with Gasteiger partial charge in [-0.3, -0.25) is 0 Å². The van der Waals surface area contributed by atoms with Gasteiger partial charge < -0.3 is 20.7 Å². The molecular weight excluding hydrogens is 218 g/mol. The molecule has 0 saturated carbocycles. The van der Waals surface area contributed by atoms with E-state index < -0.39 is 0 Å². The van der Waals surface area contributed by atoms with Gasteiger partial charge in [-0.25, -0.2) is 4.79 Å². The number of benzene rings is 1. The summed E-state index contributed by atoms with van der Waals surface area (Å²) in [6.07, 6.45) is 0. The number of nitrogens with two attached hydrogens (primary N) is 1. The molecule has 0 aliphatic rings. The number of methoxy groups -OCH3 is 1. The molecular formula is C12H19N3O2. The fourth-order valence-corrected chi connectivity index (χ4v) is 1.53. The van der Waals surface area contributed by atoms with E-state index in [4.69, 9.17) is 10.5 Å². The van der Waals surface area contributed by atoms with Gasteiger partial charge in [0.1, 0.15) is 5.75 Å². The van der Waals surface area contributed by atoms with Crippen LogP contribution in [0.3, 0.4) is 0 Å². The summed E-state index contributed by atoms with van der Waals surface area (Å²) >= 11 is 0. The maximum atomic E-state index is 11.8. The average molecular weight is 237 g/mol.